The maximum Gasteiger partial charge on any atom is 0.316 e. The molecule has 0 aliphatic heterocycles. The van der Waals surface area contributed by atoms with Gasteiger partial charge in [-0.3, -0.25) is 4.79 Å². The van der Waals surface area contributed by atoms with Crippen molar-refractivity contribution >= 4 is 5.91 Å². The first-order valence-corrected chi connectivity index (χ1v) is 8.73. The lowest BCUT2D eigenvalue weighted by molar-refractivity contribution is -0.124. The molecule has 3 rings (SSSR count). The van der Waals surface area contributed by atoms with Crippen molar-refractivity contribution in [2.45, 2.75) is 37.8 Å². The van der Waals surface area contributed by atoms with Gasteiger partial charge in [-0.05, 0) is 43.9 Å². The number of methoxy groups -OCH3 is 1. The van der Waals surface area contributed by atoms with Gasteiger partial charge in [0.2, 0.25) is 0 Å². The number of para-hydroxylation sites is 2. The molecule has 1 aromatic carbocycles. The highest BCUT2D eigenvalue weighted by atomic mass is 16.5. The molecule has 0 saturated heterocycles. The number of benzene rings is 1. The molecule has 0 radical (unpaired) electrons. The van der Waals surface area contributed by atoms with Crippen molar-refractivity contribution in [3.63, 3.8) is 0 Å². The zero-order valence-electron chi connectivity index (χ0n) is 14.8. The van der Waals surface area contributed by atoms with Gasteiger partial charge in [0, 0.05) is 18.4 Å². The summed E-state index contributed by atoms with van der Waals surface area (Å²) in [5.74, 6) is 1.04. The van der Waals surface area contributed by atoms with Crippen molar-refractivity contribution in [3.8, 4) is 17.5 Å². The molecule has 7 nitrogen and oxygen atoms in total. The predicted octanol–water partition coefficient (Wildman–Crippen LogP) is 2.37. The summed E-state index contributed by atoms with van der Waals surface area (Å²) in [6.07, 6.45) is 6.85. The number of aromatic nitrogens is 2. The second-order valence-electron chi connectivity index (χ2n) is 6.13. The van der Waals surface area contributed by atoms with Crippen LogP contribution in [0.4, 0.5) is 0 Å². The fourth-order valence-electron chi connectivity index (χ4n) is 2.97. The summed E-state index contributed by atoms with van der Waals surface area (Å²) in [5.41, 5.74) is 0. The zero-order chi connectivity index (χ0) is 18.2. The smallest absolute Gasteiger partial charge is 0.316 e. The number of carbonyl (C=O) groups excluding carboxylic acids is 1. The van der Waals surface area contributed by atoms with Gasteiger partial charge >= 0.3 is 6.01 Å². The zero-order valence-corrected chi connectivity index (χ0v) is 14.8. The van der Waals surface area contributed by atoms with Crippen LogP contribution in [-0.4, -0.2) is 41.7 Å². The van der Waals surface area contributed by atoms with Crippen LogP contribution < -0.4 is 19.5 Å². The molecule has 1 fully saturated rings. The van der Waals surface area contributed by atoms with Gasteiger partial charge < -0.3 is 19.5 Å². The monoisotopic (exact) mass is 357 g/mol. The standard InChI is InChI=1S/C19H23N3O4/c1-24-16-5-2-3-6-17(16)25-13-18(23)22-14-7-9-15(10-8-14)26-19-20-11-4-12-21-19/h2-6,11-12,14-15H,7-10,13H2,1H3,(H,22,23). The number of amides is 1. The lowest BCUT2D eigenvalue weighted by Crippen LogP contribution is -2.41. The third-order valence-corrected chi connectivity index (χ3v) is 4.28. The van der Waals surface area contributed by atoms with Gasteiger partial charge in [0.15, 0.2) is 18.1 Å². The Morgan fingerprint density at radius 2 is 1.77 bits per heavy atom. The number of rotatable bonds is 7. The second kappa shape index (κ2) is 9.03. The summed E-state index contributed by atoms with van der Waals surface area (Å²) in [7, 11) is 1.57. The van der Waals surface area contributed by atoms with Crippen LogP contribution in [0.1, 0.15) is 25.7 Å². The van der Waals surface area contributed by atoms with Crippen LogP contribution in [0.2, 0.25) is 0 Å². The van der Waals surface area contributed by atoms with E-state index in [1.807, 2.05) is 12.1 Å². The number of nitrogens with one attached hydrogen (secondary N) is 1. The largest absolute Gasteiger partial charge is 0.493 e. The first kappa shape index (κ1) is 18.0. The highest BCUT2D eigenvalue weighted by Gasteiger charge is 2.24. The van der Waals surface area contributed by atoms with Crippen molar-refractivity contribution in [2.75, 3.05) is 13.7 Å². The van der Waals surface area contributed by atoms with E-state index in [1.54, 1.807) is 37.7 Å². The maximum atomic E-state index is 12.1. The Balaban J connectivity index is 1.39. The molecule has 0 spiro atoms. The fraction of sp³-hybridized carbons (Fsp3) is 0.421. The van der Waals surface area contributed by atoms with Crippen LogP contribution in [0, 0.1) is 0 Å². The van der Waals surface area contributed by atoms with Crippen molar-refractivity contribution < 1.29 is 19.0 Å². The minimum Gasteiger partial charge on any atom is -0.493 e. The molecule has 1 aliphatic carbocycles. The average molecular weight is 357 g/mol. The minimum absolute atomic E-state index is 0.0331. The van der Waals surface area contributed by atoms with Crippen molar-refractivity contribution in [1.29, 1.82) is 0 Å². The first-order chi connectivity index (χ1) is 12.7. The summed E-state index contributed by atoms with van der Waals surface area (Å²) in [4.78, 5) is 20.3. The molecule has 1 amide bonds. The molecule has 0 unspecified atom stereocenters. The Bertz CT molecular complexity index is 703. The first-order valence-electron chi connectivity index (χ1n) is 8.73. The van der Waals surface area contributed by atoms with Gasteiger partial charge in [0.1, 0.15) is 6.10 Å². The average Bonchev–Trinajstić information content (AvgIpc) is 2.69. The van der Waals surface area contributed by atoms with Gasteiger partial charge in [-0.25, -0.2) is 9.97 Å². The Morgan fingerprint density at radius 1 is 1.08 bits per heavy atom. The van der Waals surface area contributed by atoms with E-state index in [0.717, 1.165) is 25.7 Å². The number of hydrogen-bond acceptors (Lipinski definition) is 6. The predicted molar refractivity (Wildman–Crippen MR) is 95.3 cm³/mol. The van der Waals surface area contributed by atoms with Crippen LogP contribution in [0.5, 0.6) is 17.5 Å². The van der Waals surface area contributed by atoms with Gasteiger partial charge in [0.05, 0.1) is 7.11 Å². The Kier molecular flexibility index (Phi) is 6.24. The lowest BCUT2D eigenvalue weighted by Gasteiger charge is -2.28. The van der Waals surface area contributed by atoms with E-state index in [-0.39, 0.29) is 24.7 Å². The Labute approximate surface area is 152 Å². The van der Waals surface area contributed by atoms with Crippen LogP contribution >= 0.6 is 0 Å². The van der Waals surface area contributed by atoms with Gasteiger partial charge in [-0.1, -0.05) is 12.1 Å². The van der Waals surface area contributed by atoms with Crippen LogP contribution in [0.25, 0.3) is 0 Å². The SMILES string of the molecule is COc1ccccc1OCC(=O)NC1CCC(Oc2ncccn2)CC1. The number of hydrogen-bond donors (Lipinski definition) is 1. The number of carbonyl (C=O) groups is 1. The maximum absolute atomic E-state index is 12.1. The lowest BCUT2D eigenvalue weighted by atomic mass is 9.93. The van der Waals surface area contributed by atoms with E-state index in [1.165, 1.54) is 0 Å². The third kappa shape index (κ3) is 5.08. The van der Waals surface area contributed by atoms with Gasteiger partial charge in [-0.15, -0.1) is 0 Å². The molecule has 0 atom stereocenters. The quantitative estimate of drug-likeness (QED) is 0.819. The van der Waals surface area contributed by atoms with E-state index in [4.69, 9.17) is 14.2 Å². The van der Waals surface area contributed by atoms with Crippen molar-refractivity contribution in [1.82, 2.24) is 15.3 Å². The molecule has 1 heterocycles. The molecule has 138 valence electrons. The van der Waals surface area contributed by atoms with E-state index in [2.05, 4.69) is 15.3 Å². The summed E-state index contributed by atoms with van der Waals surface area (Å²) < 4.78 is 16.5. The molecule has 2 aromatic rings. The molecule has 26 heavy (non-hydrogen) atoms. The third-order valence-electron chi connectivity index (χ3n) is 4.28. The van der Waals surface area contributed by atoms with E-state index in [0.29, 0.717) is 17.5 Å². The minimum atomic E-state index is -0.133. The van der Waals surface area contributed by atoms with Crippen LogP contribution in [0.3, 0.4) is 0 Å². The van der Waals surface area contributed by atoms with Crippen molar-refractivity contribution in [3.05, 3.63) is 42.7 Å². The molecule has 1 N–H and O–H groups in total. The highest BCUT2D eigenvalue weighted by Crippen LogP contribution is 2.26. The summed E-state index contributed by atoms with van der Waals surface area (Å²) in [6, 6.07) is 9.57. The van der Waals surface area contributed by atoms with Gasteiger partial charge in [0.25, 0.3) is 5.91 Å². The van der Waals surface area contributed by atoms with Crippen LogP contribution in [-0.2, 0) is 4.79 Å². The topological polar surface area (TPSA) is 82.6 Å². The molecule has 7 heteroatoms. The highest BCUT2D eigenvalue weighted by molar-refractivity contribution is 5.77. The number of ether oxygens (including phenoxy) is 3. The molecule has 1 saturated carbocycles. The van der Waals surface area contributed by atoms with Crippen molar-refractivity contribution in [2.24, 2.45) is 0 Å². The van der Waals surface area contributed by atoms with Crippen LogP contribution in [0.15, 0.2) is 42.7 Å². The number of nitrogens with zero attached hydrogens (tertiary/aromatic N) is 2. The molecule has 0 bridgehead atoms. The Hall–Kier alpha value is -2.83. The normalized spacial score (nSPS) is 19.4. The summed E-state index contributed by atoms with van der Waals surface area (Å²) >= 11 is 0. The van der Waals surface area contributed by atoms with E-state index < -0.39 is 0 Å². The Morgan fingerprint density at radius 3 is 2.46 bits per heavy atom. The second-order valence-corrected chi connectivity index (χ2v) is 6.13. The summed E-state index contributed by atoms with van der Waals surface area (Å²) in [6.45, 7) is -0.0331. The fourth-order valence-corrected chi connectivity index (χ4v) is 2.97. The molecule has 1 aliphatic rings. The molecular weight excluding hydrogens is 334 g/mol. The van der Waals surface area contributed by atoms with E-state index >= 15 is 0 Å². The molecular formula is C19H23N3O4. The van der Waals surface area contributed by atoms with Gasteiger partial charge in [-0.2, -0.15) is 0 Å². The molecule has 1 aromatic heterocycles. The summed E-state index contributed by atoms with van der Waals surface area (Å²) in [5, 5.41) is 3.02. The van der Waals surface area contributed by atoms with E-state index in [9.17, 15) is 4.79 Å².